The van der Waals surface area contributed by atoms with Crippen LogP contribution in [-0.4, -0.2) is 40.9 Å². The molecule has 0 radical (unpaired) electrons. The normalized spacial score (nSPS) is 31.1. The van der Waals surface area contributed by atoms with Gasteiger partial charge in [0.15, 0.2) is 0 Å². The Labute approximate surface area is 96.6 Å². The lowest BCUT2D eigenvalue weighted by atomic mass is 9.92. The smallest absolute Gasteiger partial charge is 0.410 e. The van der Waals surface area contributed by atoms with E-state index >= 15 is 0 Å². The van der Waals surface area contributed by atoms with Crippen molar-refractivity contribution < 1.29 is 14.6 Å². The summed E-state index contributed by atoms with van der Waals surface area (Å²) in [6, 6.07) is 0.454. The molecule has 0 aromatic heterocycles. The maximum atomic E-state index is 11.6. The third-order valence-corrected chi connectivity index (χ3v) is 3.64. The van der Waals surface area contributed by atoms with Crippen LogP contribution in [-0.2, 0) is 4.74 Å². The predicted molar refractivity (Wildman–Crippen MR) is 60.1 cm³/mol. The highest BCUT2D eigenvalue weighted by Gasteiger charge is 2.40. The van der Waals surface area contributed by atoms with Gasteiger partial charge in [0, 0.05) is 6.04 Å². The van der Waals surface area contributed by atoms with Gasteiger partial charge in [0.1, 0.15) is 6.61 Å². The molecule has 2 aliphatic rings. The lowest BCUT2D eigenvalue weighted by Gasteiger charge is -2.36. The van der Waals surface area contributed by atoms with Crippen molar-refractivity contribution in [2.75, 3.05) is 6.61 Å². The quantitative estimate of drug-likeness (QED) is 0.798. The molecule has 1 amide bonds. The molecule has 2 fully saturated rings. The van der Waals surface area contributed by atoms with E-state index in [9.17, 15) is 9.90 Å². The van der Waals surface area contributed by atoms with Crippen LogP contribution < -0.4 is 0 Å². The number of rotatable bonds is 4. The molecule has 16 heavy (non-hydrogen) atoms. The van der Waals surface area contributed by atoms with Crippen LogP contribution in [0.1, 0.15) is 45.4 Å². The zero-order chi connectivity index (χ0) is 11.5. The van der Waals surface area contributed by atoms with Crippen molar-refractivity contribution >= 4 is 6.09 Å². The summed E-state index contributed by atoms with van der Waals surface area (Å²) in [5.41, 5.74) is 0. The molecule has 0 saturated carbocycles. The number of hydrogen-bond acceptors (Lipinski definition) is 3. The van der Waals surface area contributed by atoms with E-state index in [1.54, 1.807) is 0 Å². The number of amides is 1. The van der Waals surface area contributed by atoms with Crippen molar-refractivity contribution in [2.24, 2.45) is 0 Å². The van der Waals surface area contributed by atoms with Gasteiger partial charge in [-0.3, -0.25) is 4.90 Å². The molecular weight excluding hydrogens is 206 g/mol. The predicted octanol–water partition coefficient (Wildman–Crippen LogP) is 1.91. The van der Waals surface area contributed by atoms with E-state index in [0.29, 0.717) is 13.0 Å². The molecule has 0 unspecified atom stereocenters. The van der Waals surface area contributed by atoms with Crippen molar-refractivity contribution in [3.63, 3.8) is 0 Å². The van der Waals surface area contributed by atoms with E-state index in [1.807, 2.05) is 4.90 Å². The first-order chi connectivity index (χ1) is 7.72. The largest absolute Gasteiger partial charge is 0.447 e. The van der Waals surface area contributed by atoms with Crippen molar-refractivity contribution in [1.82, 2.24) is 4.90 Å². The number of piperidine rings is 1. The van der Waals surface area contributed by atoms with E-state index in [0.717, 1.165) is 32.1 Å². The number of fused-ring (bicyclic) bond motifs is 1. The highest BCUT2D eigenvalue weighted by molar-refractivity contribution is 5.70. The summed E-state index contributed by atoms with van der Waals surface area (Å²) in [7, 11) is 0. The van der Waals surface area contributed by atoms with Gasteiger partial charge >= 0.3 is 6.09 Å². The second-order valence-electron chi connectivity index (χ2n) is 4.90. The number of aliphatic hydroxyl groups excluding tert-OH is 1. The van der Waals surface area contributed by atoms with E-state index in [4.69, 9.17) is 4.74 Å². The van der Waals surface area contributed by atoms with Gasteiger partial charge in [-0.1, -0.05) is 13.3 Å². The third kappa shape index (κ3) is 2.32. The minimum atomic E-state index is -0.276. The summed E-state index contributed by atoms with van der Waals surface area (Å²) >= 11 is 0. The van der Waals surface area contributed by atoms with Gasteiger partial charge in [-0.25, -0.2) is 4.79 Å². The summed E-state index contributed by atoms with van der Waals surface area (Å²) in [6.45, 7) is 2.61. The number of nitrogens with zero attached hydrogens (tertiary/aromatic N) is 1. The molecular formula is C12H21NO3. The Morgan fingerprint density at radius 2 is 2.38 bits per heavy atom. The third-order valence-electron chi connectivity index (χ3n) is 3.64. The molecule has 0 bridgehead atoms. The lowest BCUT2D eigenvalue weighted by Crippen LogP contribution is -2.46. The molecule has 2 saturated heterocycles. The average Bonchev–Trinajstić information content (AvgIpc) is 2.62. The van der Waals surface area contributed by atoms with Gasteiger partial charge < -0.3 is 9.84 Å². The fourth-order valence-corrected chi connectivity index (χ4v) is 2.87. The van der Waals surface area contributed by atoms with Gasteiger partial charge in [-0.15, -0.1) is 0 Å². The first-order valence-electron chi connectivity index (χ1n) is 6.35. The fraction of sp³-hybridized carbons (Fsp3) is 0.917. The lowest BCUT2D eigenvalue weighted by molar-refractivity contribution is 0.0776. The van der Waals surface area contributed by atoms with Crippen molar-refractivity contribution in [3.05, 3.63) is 0 Å². The van der Waals surface area contributed by atoms with Gasteiger partial charge in [-0.2, -0.15) is 0 Å². The van der Waals surface area contributed by atoms with E-state index < -0.39 is 0 Å². The maximum absolute atomic E-state index is 11.6. The van der Waals surface area contributed by atoms with Crippen molar-refractivity contribution in [3.8, 4) is 0 Å². The molecule has 1 N–H and O–H groups in total. The van der Waals surface area contributed by atoms with Crippen LogP contribution in [0.25, 0.3) is 0 Å². The molecule has 3 atom stereocenters. The molecule has 2 rings (SSSR count). The second-order valence-corrected chi connectivity index (χ2v) is 4.90. The van der Waals surface area contributed by atoms with Gasteiger partial charge in [-0.05, 0) is 32.1 Å². The van der Waals surface area contributed by atoms with E-state index in [-0.39, 0.29) is 24.3 Å². The van der Waals surface area contributed by atoms with Gasteiger partial charge in [0.25, 0.3) is 0 Å². The molecule has 0 aromatic carbocycles. The summed E-state index contributed by atoms with van der Waals surface area (Å²) in [6.07, 6.45) is 5.26. The molecule has 2 heterocycles. The Balaban J connectivity index is 1.94. The van der Waals surface area contributed by atoms with Gasteiger partial charge in [0.2, 0.25) is 0 Å². The topological polar surface area (TPSA) is 49.8 Å². The second kappa shape index (κ2) is 5.04. The Hall–Kier alpha value is -0.770. The zero-order valence-corrected chi connectivity index (χ0v) is 9.89. The molecule has 4 nitrogen and oxygen atoms in total. The number of carbonyl (C=O) groups is 1. The molecule has 4 heteroatoms. The maximum Gasteiger partial charge on any atom is 0.410 e. The van der Waals surface area contributed by atoms with E-state index in [2.05, 4.69) is 6.92 Å². The van der Waals surface area contributed by atoms with Crippen molar-refractivity contribution in [1.29, 1.82) is 0 Å². The van der Waals surface area contributed by atoms with Crippen LogP contribution >= 0.6 is 0 Å². The zero-order valence-electron chi connectivity index (χ0n) is 9.89. The van der Waals surface area contributed by atoms with Crippen LogP contribution in [0.4, 0.5) is 4.79 Å². The summed E-state index contributed by atoms with van der Waals surface area (Å²) in [5.74, 6) is 0. The minimum absolute atomic E-state index is 0.182. The molecule has 0 aliphatic carbocycles. The first kappa shape index (κ1) is 11.7. The number of ether oxygens (including phenoxy) is 1. The molecule has 2 aliphatic heterocycles. The molecule has 92 valence electrons. The number of hydrogen-bond donors (Lipinski definition) is 1. The Bertz CT molecular complexity index is 257. The van der Waals surface area contributed by atoms with Crippen LogP contribution in [0, 0.1) is 0 Å². The summed E-state index contributed by atoms with van der Waals surface area (Å²) in [4.78, 5) is 13.4. The first-order valence-corrected chi connectivity index (χ1v) is 6.35. The van der Waals surface area contributed by atoms with Crippen LogP contribution in [0.2, 0.25) is 0 Å². The standard InChI is InChI=1S/C12H21NO3/c1-2-4-11(14)7-9-5-3-6-10-8-16-12(15)13(9)10/h9-11,14H,2-8H2,1H3/t9-,10-,11-/m0/s1. The molecule has 0 aromatic rings. The number of aliphatic hydroxyl groups is 1. The minimum Gasteiger partial charge on any atom is -0.447 e. The summed E-state index contributed by atoms with van der Waals surface area (Å²) < 4.78 is 5.08. The number of cyclic esters (lactones) is 1. The highest BCUT2D eigenvalue weighted by atomic mass is 16.6. The Morgan fingerprint density at radius 1 is 1.56 bits per heavy atom. The highest BCUT2D eigenvalue weighted by Crippen LogP contribution is 2.30. The van der Waals surface area contributed by atoms with E-state index in [1.165, 1.54) is 0 Å². The summed E-state index contributed by atoms with van der Waals surface area (Å²) in [5, 5.41) is 9.83. The van der Waals surface area contributed by atoms with Crippen LogP contribution in [0.15, 0.2) is 0 Å². The van der Waals surface area contributed by atoms with Gasteiger partial charge in [0.05, 0.1) is 12.1 Å². The number of carbonyl (C=O) groups excluding carboxylic acids is 1. The Morgan fingerprint density at radius 3 is 3.12 bits per heavy atom. The van der Waals surface area contributed by atoms with Crippen molar-refractivity contribution in [2.45, 2.75) is 63.6 Å². The average molecular weight is 227 g/mol. The molecule has 0 spiro atoms. The Kier molecular flexibility index (Phi) is 3.69. The van der Waals surface area contributed by atoms with Crippen LogP contribution in [0.5, 0.6) is 0 Å². The monoisotopic (exact) mass is 227 g/mol. The van der Waals surface area contributed by atoms with Crippen LogP contribution in [0.3, 0.4) is 0 Å². The SMILES string of the molecule is CCC[C@H](O)C[C@@H]1CCC[C@H]2COC(=O)N21. The fourth-order valence-electron chi connectivity index (χ4n) is 2.87.